The van der Waals surface area contributed by atoms with E-state index < -0.39 is 6.10 Å². The Morgan fingerprint density at radius 1 is 1.44 bits per heavy atom. The summed E-state index contributed by atoms with van der Waals surface area (Å²) in [6.45, 7) is 2.51. The average Bonchev–Trinajstić information content (AvgIpc) is 2.79. The zero-order chi connectivity index (χ0) is 11.6. The van der Waals surface area contributed by atoms with Crippen LogP contribution in [0.1, 0.15) is 43.0 Å². The molecule has 0 amide bonds. The molecule has 2 rings (SSSR count). The predicted octanol–water partition coefficient (Wildman–Crippen LogP) is 1.94. The number of pyridine rings is 1. The largest absolute Gasteiger partial charge is 0.388 e. The summed E-state index contributed by atoms with van der Waals surface area (Å²) in [7, 11) is 0. The van der Waals surface area contributed by atoms with Crippen LogP contribution in [0.3, 0.4) is 0 Å². The second-order valence-electron chi connectivity index (χ2n) is 4.91. The van der Waals surface area contributed by atoms with E-state index in [1.165, 1.54) is 12.8 Å². The number of rotatable bonds is 3. The van der Waals surface area contributed by atoms with Gasteiger partial charge in [-0.3, -0.25) is 4.98 Å². The van der Waals surface area contributed by atoms with Gasteiger partial charge in [-0.2, -0.15) is 0 Å². The molecule has 1 aromatic rings. The van der Waals surface area contributed by atoms with Crippen molar-refractivity contribution in [3.63, 3.8) is 0 Å². The van der Waals surface area contributed by atoms with Gasteiger partial charge in [0.05, 0.1) is 6.10 Å². The minimum absolute atomic E-state index is 0.114. The molecule has 1 saturated carbocycles. The first-order valence-corrected chi connectivity index (χ1v) is 5.99. The van der Waals surface area contributed by atoms with Crippen LogP contribution < -0.4 is 5.73 Å². The molecule has 3 heteroatoms. The maximum atomic E-state index is 10.4. The minimum Gasteiger partial charge on any atom is -0.388 e. The molecule has 0 saturated heterocycles. The Bertz CT molecular complexity index is 341. The summed E-state index contributed by atoms with van der Waals surface area (Å²) in [5, 5.41) is 10.4. The Kier molecular flexibility index (Phi) is 3.26. The van der Waals surface area contributed by atoms with Gasteiger partial charge in [0.2, 0.25) is 0 Å². The summed E-state index contributed by atoms with van der Waals surface area (Å²) >= 11 is 0. The molecule has 1 aliphatic carbocycles. The minimum atomic E-state index is -0.465. The lowest BCUT2D eigenvalue weighted by molar-refractivity contribution is 0.0330. The summed E-state index contributed by atoms with van der Waals surface area (Å²) in [6.07, 6.45) is 5.71. The van der Waals surface area contributed by atoms with Crippen LogP contribution >= 0.6 is 0 Å². The van der Waals surface area contributed by atoms with Crippen molar-refractivity contribution in [2.75, 3.05) is 6.54 Å². The topological polar surface area (TPSA) is 59.1 Å². The number of aliphatic hydroxyl groups excluding tert-OH is 1. The molecule has 1 aliphatic rings. The highest BCUT2D eigenvalue weighted by Gasteiger charge is 2.40. The highest BCUT2D eigenvalue weighted by atomic mass is 16.3. The quantitative estimate of drug-likeness (QED) is 0.818. The van der Waals surface area contributed by atoms with E-state index in [2.05, 4.69) is 4.98 Å². The predicted molar refractivity (Wildman–Crippen MR) is 63.9 cm³/mol. The number of hydrogen-bond acceptors (Lipinski definition) is 3. The van der Waals surface area contributed by atoms with Crippen LogP contribution in [0.25, 0.3) is 0 Å². The van der Waals surface area contributed by atoms with Crippen molar-refractivity contribution in [1.82, 2.24) is 4.98 Å². The average molecular weight is 220 g/mol. The first kappa shape index (κ1) is 11.6. The molecule has 88 valence electrons. The third kappa shape index (κ3) is 1.97. The number of nitrogens with zero attached hydrogens (tertiary/aromatic N) is 1. The van der Waals surface area contributed by atoms with E-state index in [4.69, 9.17) is 5.73 Å². The maximum absolute atomic E-state index is 10.4. The molecule has 3 N–H and O–H groups in total. The van der Waals surface area contributed by atoms with Gasteiger partial charge < -0.3 is 10.8 Å². The van der Waals surface area contributed by atoms with Gasteiger partial charge in [-0.25, -0.2) is 0 Å². The molecule has 0 spiro atoms. The molecule has 0 aromatic carbocycles. The van der Waals surface area contributed by atoms with E-state index in [-0.39, 0.29) is 5.41 Å². The molecule has 0 bridgehead atoms. The lowest BCUT2D eigenvalue weighted by Crippen LogP contribution is -2.34. The van der Waals surface area contributed by atoms with Gasteiger partial charge in [0.1, 0.15) is 0 Å². The Hall–Kier alpha value is -0.930. The second-order valence-corrected chi connectivity index (χ2v) is 4.91. The van der Waals surface area contributed by atoms with E-state index >= 15 is 0 Å². The van der Waals surface area contributed by atoms with Crippen LogP contribution in [0.2, 0.25) is 0 Å². The molecule has 3 nitrogen and oxygen atoms in total. The molecular weight excluding hydrogens is 200 g/mol. The Morgan fingerprint density at radius 3 is 2.62 bits per heavy atom. The van der Waals surface area contributed by atoms with Crippen molar-refractivity contribution in [2.45, 2.75) is 38.7 Å². The van der Waals surface area contributed by atoms with Crippen molar-refractivity contribution in [3.8, 4) is 0 Å². The smallest absolute Gasteiger partial charge is 0.0873 e. The normalized spacial score (nSPS) is 20.9. The van der Waals surface area contributed by atoms with E-state index in [0.717, 1.165) is 24.1 Å². The molecule has 0 radical (unpaired) electrons. The SMILES string of the molecule is Cc1ccc(C(O)C2(CN)CCCC2)cn1. The van der Waals surface area contributed by atoms with Gasteiger partial charge in [-0.05, 0) is 31.4 Å². The summed E-state index contributed by atoms with van der Waals surface area (Å²) in [4.78, 5) is 4.24. The Balaban J connectivity index is 2.23. The van der Waals surface area contributed by atoms with Crippen LogP contribution in [0, 0.1) is 12.3 Å². The van der Waals surface area contributed by atoms with Crippen LogP contribution in [0.5, 0.6) is 0 Å². The summed E-state index contributed by atoms with van der Waals surface area (Å²) in [5.41, 5.74) is 7.62. The third-order valence-electron chi connectivity index (χ3n) is 3.84. The van der Waals surface area contributed by atoms with Crippen LogP contribution in [-0.4, -0.2) is 16.6 Å². The number of aromatic nitrogens is 1. The zero-order valence-electron chi connectivity index (χ0n) is 9.82. The summed E-state index contributed by atoms with van der Waals surface area (Å²) < 4.78 is 0. The van der Waals surface area contributed by atoms with Gasteiger partial charge in [0.25, 0.3) is 0 Å². The summed E-state index contributed by atoms with van der Waals surface area (Å²) in [5.74, 6) is 0. The standard InChI is InChI=1S/C13H20N2O/c1-10-4-5-11(8-15-10)12(16)13(9-14)6-2-3-7-13/h4-5,8,12,16H,2-3,6-7,9,14H2,1H3. The van der Waals surface area contributed by atoms with Gasteiger partial charge in [0.15, 0.2) is 0 Å². The molecule has 1 fully saturated rings. The second kappa shape index (κ2) is 4.52. The van der Waals surface area contributed by atoms with E-state index in [1.54, 1.807) is 6.20 Å². The van der Waals surface area contributed by atoms with Crippen molar-refractivity contribution in [1.29, 1.82) is 0 Å². The van der Waals surface area contributed by atoms with Gasteiger partial charge in [0, 0.05) is 23.9 Å². The van der Waals surface area contributed by atoms with Crippen molar-refractivity contribution >= 4 is 0 Å². The van der Waals surface area contributed by atoms with E-state index in [9.17, 15) is 5.11 Å². The lowest BCUT2D eigenvalue weighted by Gasteiger charge is -2.33. The fraction of sp³-hybridized carbons (Fsp3) is 0.615. The first-order valence-electron chi connectivity index (χ1n) is 5.99. The first-order chi connectivity index (χ1) is 7.68. The van der Waals surface area contributed by atoms with E-state index in [1.807, 2.05) is 19.1 Å². The molecule has 1 aromatic heterocycles. The molecule has 1 atom stereocenters. The van der Waals surface area contributed by atoms with E-state index in [0.29, 0.717) is 6.54 Å². The fourth-order valence-corrected chi connectivity index (χ4v) is 2.66. The highest BCUT2D eigenvalue weighted by molar-refractivity contribution is 5.19. The number of aryl methyl sites for hydroxylation is 1. The van der Waals surface area contributed by atoms with Crippen molar-refractivity contribution in [3.05, 3.63) is 29.6 Å². The molecule has 1 heterocycles. The highest BCUT2D eigenvalue weighted by Crippen LogP contribution is 2.46. The van der Waals surface area contributed by atoms with Crippen molar-refractivity contribution < 1.29 is 5.11 Å². The monoisotopic (exact) mass is 220 g/mol. The zero-order valence-corrected chi connectivity index (χ0v) is 9.82. The van der Waals surface area contributed by atoms with Crippen LogP contribution in [0.4, 0.5) is 0 Å². The third-order valence-corrected chi connectivity index (χ3v) is 3.84. The van der Waals surface area contributed by atoms with Gasteiger partial charge in [-0.1, -0.05) is 18.9 Å². The van der Waals surface area contributed by atoms with Gasteiger partial charge in [-0.15, -0.1) is 0 Å². The molecule has 1 unspecified atom stereocenters. The maximum Gasteiger partial charge on any atom is 0.0873 e. The number of aliphatic hydroxyl groups is 1. The Morgan fingerprint density at radius 2 is 2.12 bits per heavy atom. The van der Waals surface area contributed by atoms with Crippen LogP contribution in [0.15, 0.2) is 18.3 Å². The fourth-order valence-electron chi connectivity index (χ4n) is 2.66. The Labute approximate surface area is 96.7 Å². The summed E-state index contributed by atoms with van der Waals surface area (Å²) in [6, 6.07) is 3.90. The molecule has 16 heavy (non-hydrogen) atoms. The lowest BCUT2D eigenvalue weighted by atomic mass is 9.78. The molecular formula is C13H20N2O. The van der Waals surface area contributed by atoms with Crippen LogP contribution in [-0.2, 0) is 0 Å². The van der Waals surface area contributed by atoms with Gasteiger partial charge >= 0.3 is 0 Å². The number of hydrogen-bond donors (Lipinski definition) is 2. The molecule has 0 aliphatic heterocycles. The number of nitrogens with two attached hydrogens (primary N) is 1. The van der Waals surface area contributed by atoms with Crippen molar-refractivity contribution in [2.24, 2.45) is 11.1 Å².